The SMILES string of the molecule is CCNc1cc(N2CCS(=O)(=O)CC2)nc(C(C)C)n1. The van der Waals surface area contributed by atoms with Crippen molar-refractivity contribution < 1.29 is 8.42 Å². The first kappa shape index (κ1) is 15.0. The predicted octanol–water partition coefficient (Wildman–Crippen LogP) is 1.27. The van der Waals surface area contributed by atoms with Crippen molar-refractivity contribution >= 4 is 21.5 Å². The van der Waals surface area contributed by atoms with Gasteiger partial charge in [0, 0.05) is 31.6 Å². The lowest BCUT2D eigenvalue weighted by atomic mass is 10.2. The van der Waals surface area contributed by atoms with Crippen LogP contribution in [-0.4, -0.2) is 49.5 Å². The normalized spacial score (nSPS) is 18.3. The Labute approximate surface area is 120 Å². The number of sulfone groups is 1. The topological polar surface area (TPSA) is 75.2 Å². The molecule has 0 aromatic carbocycles. The van der Waals surface area contributed by atoms with Gasteiger partial charge in [0.15, 0.2) is 9.84 Å². The molecule has 0 unspecified atom stereocenters. The maximum Gasteiger partial charge on any atom is 0.153 e. The van der Waals surface area contributed by atoms with Crippen molar-refractivity contribution in [3.8, 4) is 0 Å². The third-order valence-electron chi connectivity index (χ3n) is 3.27. The highest BCUT2D eigenvalue weighted by Crippen LogP contribution is 2.21. The van der Waals surface area contributed by atoms with Gasteiger partial charge < -0.3 is 10.2 Å². The van der Waals surface area contributed by atoms with Crippen molar-refractivity contribution in [2.24, 2.45) is 0 Å². The summed E-state index contributed by atoms with van der Waals surface area (Å²) in [5, 5.41) is 3.20. The molecule has 2 heterocycles. The van der Waals surface area contributed by atoms with Gasteiger partial charge in [-0.2, -0.15) is 0 Å². The monoisotopic (exact) mass is 298 g/mol. The first-order valence-corrected chi connectivity index (χ1v) is 8.81. The number of rotatable bonds is 4. The van der Waals surface area contributed by atoms with E-state index in [1.807, 2.05) is 17.9 Å². The molecule has 0 spiro atoms. The van der Waals surface area contributed by atoms with Crippen LogP contribution in [-0.2, 0) is 9.84 Å². The van der Waals surface area contributed by atoms with Gasteiger partial charge in [-0.25, -0.2) is 18.4 Å². The molecular weight excluding hydrogens is 276 g/mol. The fraction of sp³-hybridized carbons (Fsp3) is 0.692. The van der Waals surface area contributed by atoms with E-state index < -0.39 is 9.84 Å². The summed E-state index contributed by atoms with van der Waals surface area (Å²) in [6.45, 7) is 7.92. The molecule has 1 aliphatic heterocycles. The molecule has 0 amide bonds. The van der Waals surface area contributed by atoms with Gasteiger partial charge >= 0.3 is 0 Å². The molecule has 1 aromatic rings. The second-order valence-corrected chi connectivity index (χ2v) is 7.60. The fourth-order valence-corrected chi connectivity index (χ4v) is 3.29. The third kappa shape index (κ3) is 3.59. The van der Waals surface area contributed by atoms with Gasteiger partial charge in [-0.3, -0.25) is 0 Å². The minimum atomic E-state index is -2.87. The van der Waals surface area contributed by atoms with Crippen LogP contribution < -0.4 is 10.2 Å². The van der Waals surface area contributed by atoms with Crippen LogP contribution in [0.3, 0.4) is 0 Å². The van der Waals surface area contributed by atoms with Crippen molar-refractivity contribution in [3.63, 3.8) is 0 Å². The van der Waals surface area contributed by atoms with Crippen molar-refractivity contribution in [3.05, 3.63) is 11.9 Å². The van der Waals surface area contributed by atoms with E-state index >= 15 is 0 Å². The lowest BCUT2D eigenvalue weighted by Gasteiger charge is -2.28. The van der Waals surface area contributed by atoms with Gasteiger partial charge in [0.1, 0.15) is 17.5 Å². The molecular formula is C13H22N4O2S. The largest absolute Gasteiger partial charge is 0.370 e. The quantitative estimate of drug-likeness (QED) is 0.902. The lowest BCUT2D eigenvalue weighted by molar-refractivity contribution is 0.586. The Morgan fingerprint density at radius 3 is 2.50 bits per heavy atom. The van der Waals surface area contributed by atoms with Gasteiger partial charge in [-0.05, 0) is 6.92 Å². The van der Waals surface area contributed by atoms with E-state index in [0.717, 1.165) is 24.0 Å². The molecule has 0 radical (unpaired) electrons. The summed E-state index contributed by atoms with van der Waals surface area (Å²) in [4.78, 5) is 11.1. The zero-order valence-electron chi connectivity index (χ0n) is 12.3. The highest BCUT2D eigenvalue weighted by Gasteiger charge is 2.23. The Hall–Kier alpha value is -1.37. The summed E-state index contributed by atoms with van der Waals surface area (Å²) in [5.74, 6) is 3.03. The van der Waals surface area contributed by atoms with Gasteiger partial charge in [0.05, 0.1) is 11.5 Å². The van der Waals surface area contributed by atoms with Crippen LogP contribution in [0.2, 0.25) is 0 Å². The number of nitrogens with one attached hydrogen (secondary N) is 1. The fourth-order valence-electron chi connectivity index (χ4n) is 2.09. The minimum absolute atomic E-state index is 0.199. The average molecular weight is 298 g/mol. The van der Waals surface area contributed by atoms with Crippen LogP contribution in [0.25, 0.3) is 0 Å². The number of anilines is 2. The maximum absolute atomic E-state index is 11.5. The zero-order valence-corrected chi connectivity index (χ0v) is 13.1. The molecule has 2 rings (SSSR count). The summed E-state index contributed by atoms with van der Waals surface area (Å²) >= 11 is 0. The van der Waals surface area contributed by atoms with E-state index in [1.54, 1.807) is 0 Å². The lowest BCUT2D eigenvalue weighted by Crippen LogP contribution is -2.40. The molecule has 1 fully saturated rings. The van der Waals surface area contributed by atoms with Crippen LogP contribution in [0.15, 0.2) is 6.07 Å². The first-order chi connectivity index (χ1) is 9.41. The van der Waals surface area contributed by atoms with Crippen molar-refractivity contribution in [2.75, 3.05) is 41.4 Å². The zero-order chi connectivity index (χ0) is 14.8. The molecule has 112 valence electrons. The van der Waals surface area contributed by atoms with E-state index in [9.17, 15) is 8.42 Å². The molecule has 20 heavy (non-hydrogen) atoms. The molecule has 0 saturated carbocycles. The molecule has 0 bridgehead atoms. The third-order valence-corrected chi connectivity index (χ3v) is 4.88. The Morgan fingerprint density at radius 2 is 1.95 bits per heavy atom. The highest BCUT2D eigenvalue weighted by molar-refractivity contribution is 7.91. The van der Waals surface area contributed by atoms with E-state index in [-0.39, 0.29) is 17.4 Å². The molecule has 1 N–H and O–H groups in total. The molecule has 6 nitrogen and oxygen atoms in total. The van der Waals surface area contributed by atoms with Crippen molar-refractivity contribution in [1.29, 1.82) is 0 Å². The van der Waals surface area contributed by atoms with E-state index in [1.165, 1.54) is 0 Å². The second kappa shape index (κ2) is 5.95. The van der Waals surface area contributed by atoms with Crippen LogP contribution in [0.1, 0.15) is 32.5 Å². The van der Waals surface area contributed by atoms with Crippen molar-refractivity contribution in [1.82, 2.24) is 9.97 Å². The first-order valence-electron chi connectivity index (χ1n) is 6.99. The second-order valence-electron chi connectivity index (χ2n) is 5.29. The van der Waals surface area contributed by atoms with Crippen molar-refractivity contribution in [2.45, 2.75) is 26.7 Å². The van der Waals surface area contributed by atoms with E-state index in [0.29, 0.717) is 13.1 Å². The maximum atomic E-state index is 11.5. The molecule has 1 aliphatic rings. The summed E-state index contributed by atoms with van der Waals surface area (Å²) < 4.78 is 23.0. The van der Waals surface area contributed by atoms with Gasteiger partial charge in [-0.1, -0.05) is 13.8 Å². The Bertz CT molecular complexity index is 558. The minimum Gasteiger partial charge on any atom is -0.370 e. The number of hydrogen-bond donors (Lipinski definition) is 1. The van der Waals surface area contributed by atoms with Gasteiger partial charge in [0.25, 0.3) is 0 Å². The van der Waals surface area contributed by atoms with E-state index in [2.05, 4.69) is 29.1 Å². The molecule has 0 aliphatic carbocycles. The molecule has 1 saturated heterocycles. The molecule has 7 heteroatoms. The Morgan fingerprint density at radius 1 is 1.30 bits per heavy atom. The average Bonchev–Trinajstić information content (AvgIpc) is 2.38. The van der Waals surface area contributed by atoms with Crippen LogP contribution in [0, 0.1) is 0 Å². The standard InChI is InChI=1S/C13H22N4O2S/c1-4-14-11-9-12(16-13(15-11)10(2)3)17-5-7-20(18,19)8-6-17/h9-10H,4-8H2,1-3H3,(H,14,15,16). The predicted molar refractivity (Wildman–Crippen MR) is 81.2 cm³/mol. The van der Waals surface area contributed by atoms with Crippen LogP contribution >= 0.6 is 0 Å². The molecule has 1 aromatic heterocycles. The van der Waals surface area contributed by atoms with Gasteiger partial charge in [0.2, 0.25) is 0 Å². The molecule has 0 atom stereocenters. The number of aromatic nitrogens is 2. The summed E-state index contributed by atoms with van der Waals surface area (Å²) in [5.41, 5.74) is 0. The Kier molecular flexibility index (Phi) is 4.47. The van der Waals surface area contributed by atoms with E-state index in [4.69, 9.17) is 0 Å². The smallest absolute Gasteiger partial charge is 0.153 e. The van der Waals surface area contributed by atoms with Crippen LogP contribution in [0.4, 0.5) is 11.6 Å². The summed E-state index contributed by atoms with van der Waals surface area (Å²) in [7, 11) is -2.87. The summed E-state index contributed by atoms with van der Waals surface area (Å²) in [6.07, 6.45) is 0. The van der Waals surface area contributed by atoms with Crippen LogP contribution in [0.5, 0.6) is 0 Å². The number of hydrogen-bond acceptors (Lipinski definition) is 6. The summed E-state index contributed by atoms with van der Waals surface area (Å²) in [6, 6.07) is 1.90. The Balaban J connectivity index is 2.26. The number of nitrogens with zero attached hydrogens (tertiary/aromatic N) is 3. The highest BCUT2D eigenvalue weighted by atomic mass is 32.2. The van der Waals surface area contributed by atoms with Gasteiger partial charge in [-0.15, -0.1) is 0 Å².